The third-order valence-corrected chi connectivity index (χ3v) is 3.95. The van der Waals surface area contributed by atoms with E-state index in [0.717, 1.165) is 13.0 Å². The van der Waals surface area contributed by atoms with Crippen LogP contribution in [0.5, 0.6) is 0 Å². The van der Waals surface area contributed by atoms with Gasteiger partial charge in [-0.15, -0.1) is 0 Å². The molecule has 0 radical (unpaired) electrons. The molecular weight excluding hydrogens is 250 g/mol. The molecule has 0 saturated heterocycles. The third kappa shape index (κ3) is 2.76. The van der Waals surface area contributed by atoms with Crippen molar-refractivity contribution in [3.63, 3.8) is 0 Å². The highest BCUT2D eigenvalue weighted by molar-refractivity contribution is 6.31. The van der Waals surface area contributed by atoms with Crippen molar-refractivity contribution in [2.24, 2.45) is 11.3 Å². The standard InChI is InChI=1S/C13H18ClN3O/c1-2-13(5-6-13)8-16-12(18)10-7-9(14)3-4-11(10)17-15/h3-4,7,17H,2,5-6,8,15H2,1H3,(H,16,18). The first kappa shape index (κ1) is 13.2. The van der Waals surface area contributed by atoms with Gasteiger partial charge in [0.15, 0.2) is 0 Å². The number of nitrogens with one attached hydrogen (secondary N) is 2. The summed E-state index contributed by atoms with van der Waals surface area (Å²) in [6.45, 7) is 2.88. The number of carbonyl (C=O) groups excluding carboxylic acids is 1. The number of amides is 1. The van der Waals surface area contributed by atoms with Crippen LogP contribution in [0.25, 0.3) is 0 Å². The maximum atomic E-state index is 12.1. The van der Waals surface area contributed by atoms with E-state index >= 15 is 0 Å². The van der Waals surface area contributed by atoms with Gasteiger partial charge in [0.1, 0.15) is 0 Å². The Morgan fingerprint density at radius 1 is 1.50 bits per heavy atom. The molecule has 4 N–H and O–H groups in total. The molecule has 98 valence electrons. The molecule has 2 rings (SSSR count). The normalized spacial score (nSPS) is 16.2. The van der Waals surface area contributed by atoms with E-state index in [0.29, 0.717) is 21.7 Å². The van der Waals surface area contributed by atoms with Gasteiger partial charge < -0.3 is 10.7 Å². The molecule has 0 atom stereocenters. The van der Waals surface area contributed by atoms with Crippen molar-refractivity contribution in [1.29, 1.82) is 0 Å². The van der Waals surface area contributed by atoms with Gasteiger partial charge in [0.2, 0.25) is 0 Å². The van der Waals surface area contributed by atoms with Crippen LogP contribution < -0.4 is 16.6 Å². The Morgan fingerprint density at radius 3 is 2.78 bits per heavy atom. The van der Waals surface area contributed by atoms with Crippen LogP contribution in [0.2, 0.25) is 5.02 Å². The highest BCUT2D eigenvalue weighted by atomic mass is 35.5. The minimum atomic E-state index is -0.134. The van der Waals surface area contributed by atoms with Crippen molar-refractivity contribution in [2.45, 2.75) is 26.2 Å². The third-order valence-electron chi connectivity index (χ3n) is 3.71. The Hall–Kier alpha value is -1.26. The van der Waals surface area contributed by atoms with E-state index in [1.165, 1.54) is 12.8 Å². The monoisotopic (exact) mass is 267 g/mol. The maximum Gasteiger partial charge on any atom is 0.253 e. The quantitative estimate of drug-likeness (QED) is 0.567. The Kier molecular flexibility index (Phi) is 3.78. The zero-order valence-electron chi connectivity index (χ0n) is 10.4. The van der Waals surface area contributed by atoms with Gasteiger partial charge >= 0.3 is 0 Å². The minimum Gasteiger partial charge on any atom is -0.351 e. The smallest absolute Gasteiger partial charge is 0.253 e. The van der Waals surface area contributed by atoms with Gasteiger partial charge in [0.25, 0.3) is 5.91 Å². The molecule has 1 saturated carbocycles. The average molecular weight is 268 g/mol. The summed E-state index contributed by atoms with van der Waals surface area (Å²) in [5, 5.41) is 3.49. The van der Waals surface area contributed by atoms with E-state index in [1.807, 2.05) is 0 Å². The summed E-state index contributed by atoms with van der Waals surface area (Å²) >= 11 is 5.90. The number of hydrazine groups is 1. The molecule has 0 unspecified atom stereocenters. The topological polar surface area (TPSA) is 67.2 Å². The Bertz CT molecular complexity index is 458. The molecular formula is C13H18ClN3O. The van der Waals surface area contributed by atoms with Crippen LogP contribution in [0.1, 0.15) is 36.5 Å². The number of benzene rings is 1. The molecule has 5 heteroatoms. The lowest BCUT2D eigenvalue weighted by atomic mass is 10.0. The second-order valence-electron chi connectivity index (χ2n) is 4.87. The van der Waals surface area contributed by atoms with E-state index in [9.17, 15) is 4.79 Å². The summed E-state index contributed by atoms with van der Waals surface area (Å²) in [5.74, 6) is 5.25. The van der Waals surface area contributed by atoms with Crippen LogP contribution in [0.3, 0.4) is 0 Å². The molecule has 0 aromatic heterocycles. The molecule has 0 aliphatic heterocycles. The molecule has 1 fully saturated rings. The van der Waals surface area contributed by atoms with Crippen molar-refractivity contribution in [2.75, 3.05) is 12.0 Å². The van der Waals surface area contributed by atoms with Crippen molar-refractivity contribution < 1.29 is 4.79 Å². The molecule has 0 bridgehead atoms. The van der Waals surface area contributed by atoms with E-state index < -0.39 is 0 Å². The molecule has 4 nitrogen and oxygen atoms in total. The lowest BCUT2D eigenvalue weighted by molar-refractivity contribution is 0.0945. The van der Waals surface area contributed by atoms with Gasteiger partial charge in [-0.2, -0.15) is 0 Å². The van der Waals surface area contributed by atoms with Gasteiger partial charge in [0.05, 0.1) is 11.3 Å². The maximum absolute atomic E-state index is 12.1. The number of rotatable bonds is 5. The number of carbonyl (C=O) groups is 1. The second-order valence-corrected chi connectivity index (χ2v) is 5.31. The largest absolute Gasteiger partial charge is 0.351 e. The van der Waals surface area contributed by atoms with Crippen LogP contribution in [0, 0.1) is 5.41 Å². The fourth-order valence-corrected chi connectivity index (χ4v) is 2.20. The molecule has 1 aromatic rings. The van der Waals surface area contributed by atoms with Crippen LogP contribution in [-0.4, -0.2) is 12.5 Å². The zero-order valence-corrected chi connectivity index (χ0v) is 11.2. The summed E-state index contributed by atoms with van der Waals surface area (Å²) in [6, 6.07) is 5.02. The van der Waals surface area contributed by atoms with E-state index in [1.54, 1.807) is 18.2 Å². The second kappa shape index (κ2) is 5.16. The molecule has 1 aromatic carbocycles. The molecule has 0 spiro atoms. The summed E-state index contributed by atoms with van der Waals surface area (Å²) in [6.07, 6.45) is 3.49. The van der Waals surface area contributed by atoms with Gasteiger partial charge in [-0.25, -0.2) is 0 Å². The highest BCUT2D eigenvalue weighted by Crippen LogP contribution is 2.47. The number of nitrogen functional groups attached to an aromatic ring is 1. The molecule has 1 aliphatic carbocycles. The van der Waals surface area contributed by atoms with Gasteiger partial charge in [-0.1, -0.05) is 18.5 Å². The Morgan fingerprint density at radius 2 is 2.22 bits per heavy atom. The van der Waals surface area contributed by atoms with Crippen LogP contribution in [0.15, 0.2) is 18.2 Å². The molecule has 1 amide bonds. The van der Waals surface area contributed by atoms with Crippen molar-refractivity contribution in [3.05, 3.63) is 28.8 Å². The van der Waals surface area contributed by atoms with Gasteiger partial charge in [-0.3, -0.25) is 10.6 Å². The van der Waals surface area contributed by atoms with Crippen LogP contribution in [0.4, 0.5) is 5.69 Å². The molecule has 1 aliphatic rings. The fourth-order valence-electron chi connectivity index (χ4n) is 2.03. The first-order valence-corrected chi connectivity index (χ1v) is 6.52. The predicted molar refractivity (Wildman–Crippen MR) is 73.6 cm³/mol. The zero-order chi connectivity index (χ0) is 13.2. The number of halogens is 1. The molecule has 0 heterocycles. The highest BCUT2D eigenvalue weighted by Gasteiger charge is 2.40. The summed E-state index contributed by atoms with van der Waals surface area (Å²) in [5.41, 5.74) is 3.90. The lowest BCUT2D eigenvalue weighted by Crippen LogP contribution is -2.30. The minimum absolute atomic E-state index is 0.134. The number of hydrogen-bond donors (Lipinski definition) is 3. The number of anilines is 1. The van der Waals surface area contributed by atoms with Crippen molar-refractivity contribution >= 4 is 23.2 Å². The van der Waals surface area contributed by atoms with Gasteiger partial charge in [-0.05, 0) is 42.9 Å². The Balaban J connectivity index is 2.06. The predicted octanol–water partition coefficient (Wildman–Crippen LogP) is 2.55. The Labute approximate surface area is 112 Å². The first-order valence-electron chi connectivity index (χ1n) is 6.14. The van der Waals surface area contributed by atoms with E-state index in [-0.39, 0.29) is 5.91 Å². The SMILES string of the molecule is CCC1(CNC(=O)c2cc(Cl)ccc2NN)CC1. The average Bonchev–Trinajstić information content (AvgIpc) is 3.16. The lowest BCUT2D eigenvalue weighted by Gasteiger charge is -2.15. The van der Waals surface area contributed by atoms with Crippen molar-refractivity contribution in [1.82, 2.24) is 5.32 Å². The fraction of sp³-hybridized carbons (Fsp3) is 0.462. The number of hydrogen-bond acceptors (Lipinski definition) is 3. The first-order chi connectivity index (χ1) is 8.60. The number of nitrogens with two attached hydrogens (primary N) is 1. The van der Waals surface area contributed by atoms with Crippen LogP contribution in [-0.2, 0) is 0 Å². The summed E-state index contributed by atoms with van der Waals surface area (Å²) in [7, 11) is 0. The van der Waals surface area contributed by atoms with Gasteiger partial charge in [0, 0.05) is 11.6 Å². The summed E-state index contributed by atoms with van der Waals surface area (Å²) < 4.78 is 0. The van der Waals surface area contributed by atoms with Crippen LogP contribution >= 0.6 is 11.6 Å². The summed E-state index contributed by atoms with van der Waals surface area (Å²) in [4.78, 5) is 12.1. The van der Waals surface area contributed by atoms with E-state index in [2.05, 4.69) is 17.7 Å². The molecule has 18 heavy (non-hydrogen) atoms. The van der Waals surface area contributed by atoms with Crippen molar-refractivity contribution in [3.8, 4) is 0 Å². The van der Waals surface area contributed by atoms with E-state index in [4.69, 9.17) is 17.4 Å².